The number of rotatable bonds is 6. The van der Waals surface area contributed by atoms with E-state index in [1.807, 2.05) is 6.07 Å². The average molecular weight is 294 g/mol. The highest BCUT2D eigenvalue weighted by Crippen LogP contribution is 2.30. The summed E-state index contributed by atoms with van der Waals surface area (Å²) in [5, 5.41) is 0. The fourth-order valence-electron chi connectivity index (χ4n) is 2.35. The maximum absolute atomic E-state index is 14.8. The Morgan fingerprint density at radius 3 is 2.67 bits per heavy atom. The van der Waals surface area contributed by atoms with Gasteiger partial charge in [0.05, 0.1) is 0 Å². The molecule has 0 radical (unpaired) electrons. The van der Waals surface area contributed by atoms with Crippen LogP contribution in [0.1, 0.15) is 18.7 Å². The molecule has 0 bridgehead atoms. The molecular weight excluding hydrogens is 275 g/mol. The summed E-state index contributed by atoms with van der Waals surface area (Å²) in [6, 6.07) is 8.68. The van der Waals surface area contributed by atoms with Crippen LogP contribution in [0.2, 0.25) is 0 Å². The van der Waals surface area contributed by atoms with Crippen molar-refractivity contribution < 1.29 is 23.4 Å². The van der Waals surface area contributed by atoms with Crippen LogP contribution in [0.4, 0.5) is 4.39 Å². The van der Waals surface area contributed by atoms with Crippen LogP contribution in [0.3, 0.4) is 0 Å². The highest BCUT2D eigenvalue weighted by molar-refractivity contribution is 5.83. The zero-order chi connectivity index (χ0) is 15.2. The van der Waals surface area contributed by atoms with E-state index in [-0.39, 0.29) is 0 Å². The summed E-state index contributed by atoms with van der Waals surface area (Å²) in [5.41, 5.74) is 0.483. The molecule has 0 spiro atoms. The topological polar surface area (TPSA) is 44.8 Å². The molecule has 1 heterocycles. The van der Waals surface area contributed by atoms with Gasteiger partial charge in [0.1, 0.15) is 12.2 Å². The molecule has 0 saturated heterocycles. The monoisotopic (exact) mass is 294 g/mol. The van der Waals surface area contributed by atoms with E-state index in [9.17, 15) is 9.18 Å². The number of methoxy groups -OCH3 is 1. The summed E-state index contributed by atoms with van der Waals surface area (Å²) >= 11 is 0. The fraction of sp³-hybridized carbons (Fsp3) is 0.438. The summed E-state index contributed by atoms with van der Waals surface area (Å²) < 4.78 is 30.8. The second-order valence-corrected chi connectivity index (χ2v) is 4.69. The number of cyclic esters (lactones) is 1. The Kier molecular flexibility index (Phi) is 5.47. The summed E-state index contributed by atoms with van der Waals surface area (Å²) in [4.78, 5) is 11.5. The van der Waals surface area contributed by atoms with E-state index in [0.29, 0.717) is 12.2 Å². The van der Waals surface area contributed by atoms with Gasteiger partial charge in [0.2, 0.25) is 0 Å². The molecule has 114 valence electrons. The van der Waals surface area contributed by atoms with Crippen molar-refractivity contribution in [3.63, 3.8) is 0 Å². The molecule has 1 aliphatic heterocycles. The van der Waals surface area contributed by atoms with Crippen LogP contribution >= 0.6 is 0 Å². The molecule has 0 N–H and O–H groups in total. The third-order valence-corrected chi connectivity index (χ3v) is 3.36. The van der Waals surface area contributed by atoms with E-state index in [2.05, 4.69) is 0 Å². The minimum atomic E-state index is -1.41. The minimum absolute atomic E-state index is 0.312. The Morgan fingerprint density at radius 1 is 1.33 bits per heavy atom. The third-order valence-electron chi connectivity index (χ3n) is 3.36. The maximum Gasteiger partial charge on any atom is 0.330 e. The SMILES string of the molecule is CCOC(C(F)c1ccccc1)C1OC(=O)C=CC1OC. The first-order chi connectivity index (χ1) is 10.2. The van der Waals surface area contributed by atoms with Gasteiger partial charge >= 0.3 is 5.97 Å². The predicted molar refractivity (Wildman–Crippen MR) is 75.5 cm³/mol. The van der Waals surface area contributed by atoms with Crippen molar-refractivity contribution in [3.8, 4) is 0 Å². The number of hydrogen-bond donors (Lipinski definition) is 0. The van der Waals surface area contributed by atoms with Crippen LogP contribution in [-0.2, 0) is 19.0 Å². The van der Waals surface area contributed by atoms with Gasteiger partial charge in [-0.05, 0) is 18.6 Å². The quantitative estimate of drug-likeness (QED) is 0.757. The molecule has 2 rings (SSSR count). The van der Waals surface area contributed by atoms with Gasteiger partial charge in [0.15, 0.2) is 12.3 Å². The molecule has 1 aromatic carbocycles. The molecule has 21 heavy (non-hydrogen) atoms. The molecule has 4 atom stereocenters. The first kappa shape index (κ1) is 15.7. The first-order valence-corrected chi connectivity index (χ1v) is 6.89. The van der Waals surface area contributed by atoms with Crippen LogP contribution in [0.15, 0.2) is 42.5 Å². The van der Waals surface area contributed by atoms with Gasteiger partial charge in [0, 0.05) is 19.8 Å². The summed E-state index contributed by atoms with van der Waals surface area (Å²) in [6.07, 6.45) is -0.822. The van der Waals surface area contributed by atoms with Gasteiger partial charge in [-0.1, -0.05) is 30.3 Å². The van der Waals surface area contributed by atoms with Crippen molar-refractivity contribution in [2.75, 3.05) is 13.7 Å². The van der Waals surface area contributed by atoms with Gasteiger partial charge < -0.3 is 14.2 Å². The number of ether oxygens (including phenoxy) is 3. The minimum Gasteiger partial charge on any atom is -0.453 e. The van der Waals surface area contributed by atoms with Crippen LogP contribution in [0.25, 0.3) is 0 Å². The van der Waals surface area contributed by atoms with Crippen molar-refractivity contribution in [1.29, 1.82) is 0 Å². The largest absolute Gasteiger partial charge is 0.453 e. The van der Waals surface area contributed by atoms with Crippen LogP contribution in [0.5, 0.6) is 0 Å². The maximum atomic E-state index is 14.8. The van der Waals surface area contributed by atoms with Crippen molar-refractivity contribution in [2.45, 2.75) is 31.4 Å². The van der Waals surface area contributed by atoms with E-state index in [4.69, 9.17) is 14.2 Å². The molecule has 0 saturated carbocycles. The zero-order valence-electron chi connectivity index (χ0n) is 12.1. The number of carbonyl (C=O) groups excluding carboxylic acids is 1. The number of halogens is 1. The molecule has 4 nitrogen and oxygen atoms in total. The second-order valence-electron chi connectivity index (χ2n) is 4.69. The molecular formula is C16H19FO4. The van der Waals surface area contributed by atoms with E-state index in [1.165, 1.54) is 13.2 Å². The number of alkyl halides is 1. The van der Waals surface area contributed by atoms with E-state index >= 15 is 0 Å². The Morgan fingerprint density at radius 2 is 2.05 bits per heavy atom. The summed E-state index contributed by atoms with van der Waals surface area (Å²) in [5.74, 6) is -0.515. The molecule has 0 aliphatic carbocycles. The Bertz CT molecular complexity index is 488. The molecule has 4 unspecified atom stereocenters. The lowest BCUT2D eigenvalue weighted by Crippen LogP contribution is -2.46. The normalized spacial score (nSPS) is 24.4. The van der Waals surface area contributed by atoms with Crippen molar-refractivity contribution in [2.24, 2.45) is 0 Å². The van der Waals surface area contributed by atoms with Crippen LogP contribution in [0, 0.1) is 0 Å². The predicted octanol–water partition coefficient (Wildman–Crippen LogP) is 2.60. The average Bonchev–Trinajstić information content (AvgIpc) is 2.53. The lowest BCUT2D eigenvalue weighted by molar-refractivity contribution is -0.171. The van der Waals surface area contributed by atoms with Crippen molar-refractivity contribution in [1.82, 2.24) is 0 Å². The molecule has 1 aliphatic rings. The summed E-state index contributed by atoms with van der Waals surface area (Å²) in [7, 11) is 1.49. The first-order valence-electron chi connectivity index (χ1n) is 6.89. The molecule has 0 amide bonds. The van der Waals surface area contributed by atoms with Crippen LogP contribution in [-0.4, -0.2) is 38.0 Å². The van der Waals surface area contributed by atoms with Crippen LogP contribution < -0.4 is 0 Å². The highest BCUT2D eigenvalue weighted by atomic mass is 19.1. The molecule has 0 aromatic heterocycles. The standard InChI is InChI=1S/C16H19FO4/c1-3-20-16(14(17)11-7-5-4-6-8-11)15-12(19-2)9-10-13(18)21-15/h4-10,12,14-16H,3H2,1-2H3. The number of carbonyl (C=O) groups is 1. The zero-order valence-corrected chi connectivity index (χ0v) is 12.1. The molecule has 0 fully saturated rings. The molecule has 5 heteroatoms. The van der Waals surface area contributed by atoms with Gasteiger partial charge in [0.25, 0.3) is 0 Å². The smallest absolute Gasteiger partial charge is 0.330 e. The lowest BCUT2D eigenvalue weighted by Gasteiger charge is -2.34. The Hall–Kier alpha value is -1.72. The van der Waals surface area contributed by atoms with Crippen molar-refractivity contribution in [3.05, 3.63) is 48.0 Å². The number of esters is 1. The molecule has 1 aromatic rings. The number of benzene rings is 1. The van der Waals surface area contributed by atoms with E-state index in [1.54, 1.807) is 37.3 Å². The second kappa shape index (κ2) is 7.33. The van der Waals surface area contributed by atoms with Gasteiger partial charge in [-0.15, -0.1) is 0 Å². The highest BCUT2D eigenvalue weighted by Gasteiger charge is 2.40. The number of hydrogen-bond acceptors (Lipinski definition) is 4. The van der Waals surface area contributed by atoms with Gasteiger partial charge in [-0.25, -0.2) is 9.18 Å². The van der Waals surface area contributed by atoms with Crippen molar-refractivity contribution >= 4 is 5.97 Å². The Labute approximate surface area is 123 Å². The van der Waals surface area contributed by atoms with E-state index in [0.717, 1.165) is 0 Å². The fourth-order valence-corrected chi connectivity index (χ4v) is 2.35. The van der Waals surface area contributed by atoms with Gasteiger partial charge in [-0.2, -0.15) is 0 Å². The Balaban J connectivity index is 2.25. The van der Waals surface area contributed by atoms with E-state index < -0.39 is 30.5 Å². The summed E-state index contributed by atoms with van der Waals surface area (Å²) in [6.45, 7) is 2.08. The lowest BCUT2D eigenvalue weighted by atomic mass is 9.96. The third kappa shape index (κ3) is 3.68. The van der Waals surface area contributed by atoms with Gasteiger partial charge in [-0.3, -0.25) is 0 Å².